The largest absolute Gasteiger partial charge is 0.504 e. The van der Waals surface area contributed by atoms with Crippen LogP contribution < -0.4 is 4.74 Å². The summed E-state index contributed by atoms with van der Waals surface area (Å²) in [6.45, 7) is 1.01. The lowest BCUT2D eigenvalue weighted by Crippen LogP contribution is -2.36. The molecule has 0 unspecified atom stereocenters. The van der Waals surface area contributed by atoms with Gasteiger partial charge in [0, 0.05) is 13.1 Å². The van der Waals surface area contributed by atoms with Gasteiger partial charge in [0.1, 0.15) is 0 Å². The fourth-order valence-electron chi connectivity index (χ4n) is 2.81. The van der Waals surface area contributed by atoms with Gasteiger partial charge in [-0.25, -0.2) is 0 Å². The maximum absolute atomic E-state index is 12.8. The molecule has 0 bridgehead atoms. The highest BCUT2D eigenvalue weighted by Gasteiger charge is 2.15. The van der Waals surface area contributed by atoms with Crippen molar-refractivity contribution in [3.05, 3.63) is 96.1 Å². The van der Waals surface area contributed by atoms with Crippen LogP contribution in [-0.2, 0) is 17.8 Å². The quantitative estimate of drug-likeness (QED) is 0.659. The zero-order valence-corrected chi connectivity index (χ0v) is 15.1. The van der Waals surface area contributed by atoms with Crippen molar-refractivity contribution in [1.82, 2.24) is 4.90 Å². The van der Waals surface area contributed by atoms with Gasteiger partial charge in [0.05, 0.1) is 0 Å². The van der Waals surface area contributed by atoms with Gasteiger partial charge in [-0.2, -0.15) is 0 Å². The van der Waals surface area contributed by atoms with E-state index in [1.807, 2.05) is 48.5 Å². The highest BCUT2D eigenvalue weighted by atomic mass is 16.5. The molecule has 0 spiro atoms. The molecule has 0 saturated carbocycles. The van der Waals surface area contributed by atoms with Crippen molar-refractivity contribution >= 4 is 5.91 Å². The summed E-state index contributed by atoms with van der Waals surface area (Å²) in [6.07, 6.45) is 0.774. The second-order valence-electron chi connectivity index (χ2n) is 6.29. The monoisotopic (exact) mass is 361 g/mol. The number of hydrogen-bond donors (Lipinski definition) is 1. The molecule has 0 aliphatic rings. The lowest BCUT2D eigenvalue weighted by Gasteiger charge is -2.23. The van der Waals surface area contributed by atoms with Gasteiger partial charge in [0.15, 0.2) is 18.1 Å². The van der Waals surface area contributed by atoms with Gasteiger partial charge in [0.2, 0.25) is 0 Å². The van der Waals surface area contributed by atoms with Gasteiger partial charge in [0.25, 0.3) is 5.91 Å². The molecule has 27 heavy (non-hydrogen) atoms. The minimum atomic E-state index is -0.113. The first-order valence-corrected chi connectivity index (χ1v) is 8.99. The second-order valence-corrected chi connectivity index (χ2v) is 6.29. The molecule has 3 aromatic rings. The van der Waals surface area contributed by atoms with E-state index in [-0.39, 0.29) is 18.3 Å². The van der Waals surface area contributed by atoms with Gasteiger partial charge >= 0.3 is 0 Å². The molecule has 0 atom stereocenters. The zero-order chi connectivity index (χ0) is 18.9. The maximum Gasteiger partial charge on any atom is 0.260 e. The molecule has 0 fully saturated rings. The third kappa shape index (κ3) is 5.61. The number of ether oxygens (including phenoxy) is 1. The number of aromatic hydroxyl groups is 1. The van der Waals surface area contributed by atoms with Crippen LogP contribution in [0.1, 0.15) is 11.1 Å². The predicted molar refractivity (Wildman–Crippen MR) is 106 cm³/mol. The summed E-state index contributed by atoms with van der Waals surface area (Å²) in [6, 6.07) is 26.7. The van der Waals surface area contributed by atoms with E-state index >= 15 is 0 Å². The molecule has 3 aromatic carbocycles. The summed E-state index contributed by atoms with van der Waals surface area (Å²) >= 11 is 0. The average molecular weight is 361 g/mol. The minimum absolute atomic E-state index is 0.0317. The molecule has 0 saturated heterocycles. The van der Waals surface area contributed by atoms with Gasteiger partial charge in [-0.1, -0.05) is 72.8 Å². The molecule has 138 valence electrons. The van der Waals surface area contributed by atoms with Crippen LogP contribution in [0.2, 0.25) is 0 Å². The van der Waals surface area contributed by atoms with E-state index in [4.69, 9.17) is 4.74 Å². The van der Waals surface area contributed by atoms with Crippen molar-refractivity contribution in [1.29, 1.82) is 0 Å². The number of carbonyl (C=O) groups excluding carboxylic acids is 1. The molecule has 0 aliphatic heterocycles. The number of carbonyl (C=O) groups is 1. The standard InChI is InChI=1S/C23H23NO3/c25-21-13-7-8-14-22(21)27-18-23(26)24(17-20-11-5-2-6-12-20)16-15-19-9-3-1-4-10-19/h1-14,25H,15-18H2. The molecule has 0 radical (unpaired) electrons. The summed E-state index contributed by atoms with van der Waals surface area (Å²) < 4.78 is 5.53. The first-order valence-electron chi connectivity index (χ1n) is 8.99. The number of hydrogen-bond acceptors (Lipinski definition) is 3. The minimum Gasteiger partial charge on any atom is -0.504 e. The van der Waals surface area contributed by atoms with Crippen molar-refractivity contribution in [3.63, 3.8) is 0 Å². The Bertz CT molecular complexity index is 850. The van der Waals surface area contributed by atoms with Crippen molar-refractivity contribution in [3.8, 4) is 11.5 Å². The number of nitrogens with zero attached hydrogens (tertiary/aromatic N) is 1. The lowest BCUT2D eigenvalue weighted by molar-refractivity contribution is -0.134. The molecule has 0 aliphatic carbocycles. The SMILES string of the molecule is O=C(COc1ccccc1O)N(CCc1ccccc1)Cc1ccccc1. The number of phenolic OH excluding ortho intramolecular Hbond substituents is 1. The third-order valence-electron chi connectivity index (χ3n) is 4.30. The molecular formula is C23H23NO3. The van der Waals surface area contributed by atoms with Gasteiger partial charge in [-0.15, -0.1) is 0 Å². The molecule has 3 rings (SSSR count). The van der Waals surface area contributed by atoms with Crippen molar-refractivity contribution < 1.29 is 14.6 Å². The van der Waals surface area contributed by atoms with E-state index in [1.54, 1.807) is 23.1 Å². The predicted octanol–water partition coefficient (Wildman–Crippen LogP) is 4.04. The molecule has 0 heterocycles. The maximum atomic E-state index is 12.8. The van der Waals surface area contributed by atoms with Crippen LogP contribution in [0.4, 0.5) is 0 Å². The van der Waals surface area contributed by atoms with Crippen LogP contribution in [0.25, 0.3) is 0 Å². The molecule has 1 amide bonds. The summed E-state index contributed by atoms with van der Waals surface area (Å²) in [5.41, 5.74) is 2.26. The number of phenols is 1. The second kappa shape index (κ2) is 9.43. The van der Waals surface area contributed by atoms with E-state index in [0.29, 0.717) is 18.8 Å². The van der Waals surface area contributed by atoms with E-state index < -0.39 is 0 Å². The Balaban J connectivity index is 1.66. The Morgan fingerprint density at radius 2 is 1.41 bits per heavy atom. The number of amides is 1. The van der Waals surface area contributed by atoms with Crippen LogP contribution >= 0.6 is 0 Å². The number of benzene rings is 3. The van der Waals surface area contributed by atoms with E-state index in [2.05, 4.69) is 12.1 Å². The molecule has 4 heteroatoms. The Morgan fingerprint density at radius 1 is 0.815 bits per heavy atom. The average Bonchev–Trinajstić information content (AvgIpc) is 2.72. The van der Waals surface area contributed by atoms with Crippen LogP contribution in [0.5, 0.6) is 11.5 Å². The van der Waals surface area contributed by atoms with E-state index in [1.165, 1.54) is 11.6 Å². The van der Waals surface area contributed by atoms with Crippen molar-refractivity contribution in [2.75, 3.05) is 13.2 Å². The van der Waals surface area contributed by atoms with Gasteiger partial charge < -0.3 is 14.7 Å². The summed E-state index contributed by atoms with van der Waals surface area (Å²) in [4.78, 5) is 14.6. The Kier molecular flexibility index (Phi) is 6.47. The van der Waals surface area contributed by atoms with E-state index in [9.17, 15) is 9.90 Å². The molecule has 0 aromatic heterocycles. The molecule has 4 nitrogen and oxygen atoms in total. The topological polar surface area (TPSA) is 49.8 Å². The smallest absolute Gasteiger partial charge is 0.260 e. The summed E-state index contributed by atoms with van der Waals surface area (Å²) in [5.74, 6) is 0.232. The van der Waals surface area contributed by atoms with Crippen LogP contribution in [0.15, 0.2) is 84.9 Å². The summed E-state index contributed by atoms with van der Waals surface area (Å²) in [5, 5.41) is 9.80. The Hall–Kier alpha value is -3.27. The van der Waals surface area contributed by atoms with Crippen LogP contribution in [0, 0.1) is 0 Å². The fourth-order valence-corrected chi connectivity index (χ4v) is 2.81. The van der Waals surface area contributed by atoms with E-state index in [0.717, 1.165) is 12.0 Å². The Morgan fingerprint density at radius 3 is 2.07 bits per heavy atom. The van der Waals surface area contributed by atoms with Crippen molar-refractivity contribution in [2.45, 2.75) is 13.0 Å². The zero-order valence-electron chi connectivity index (χ0n) is 15.1. The normalized spacial score (nSPS) is 10.4. The fraction of sp³-hybridized carbons (Fsp3) is 0.174. The van der Waals surface area contributed by atoms with Crippen molar-refractivity contribution in [2.24, 2.45) is 0 Å². The Labute approximate surface area is 159 Å². The first kappa shape index (κ1) is 18.5. The number of para-hydroxylation sites is 2. The first-order chi connectivity index (χ1) is 13.2. The highest BCUT2D eigenvalue weighted by molar-refractivity contribution is 5.78. The lowest BCUT2D eigenvalue weighted by atomic mass is 10.1. The number of rotatable bonds is 8. The van der Waals surface area contributed by atoms with Crippen LogP contribution in [-0.4, -0.2) is 29.1 Å². The third-order valence-corrected chi connectivity index (χ3v) is 4.30. The molecule has 1 N–H and O–H groups in total. The summed E-state index contributed by atoms with van der Waals surface area (Å²) in [7, 11) is 0. The van der Waals surface area contributed by atoms with Crippen LogP contribution in [0.3, 0.4) is 0 Å². The molecular weight excluding hydrogens is 338 g/mol. The van der Waals surface area contributed by atoms with Gasteiger partial charge in [-0.05, 0) is 29.7 Å². The van der Waals surface area contributed by atoms with Gasteiger partial charge in [-0.3, -0.25) is 4.79 Å². The highest BCUT2D eigenvalue weighted by Crippen LogP contribution is 2.24.